The average molecular weight is 295 g/mol. The van der Waals surface area contributed by atoms with Crippen LogP contribution in [0.5, 0.6) is 0 Å². The summed E-state index contributed by atoms with van der Waals surface area (Å²) in [4.78, 5) is 15.2. The lowest BCUT2D eigenvalue weighted by Crippen LogP contribution is -2.44. The Bertz CT molecular complexity index is 308. The number of amides is 1. The number of hydrogen-bond donors (Lipinski definition) is 1. The molecule has 1 saturated heterocycles. The van der Waals surface area contributed by atoms with E-state index in [0.717, 1.165) is 38.6 Å². The lowest BCUT2D eigenvalue weighted by molar-refractivity contribution is -0.139. The third-order valence-electron chi connectivity index (χ3n) is 5.23. The standard InChI is InChI=1S/C18H33NO2/c1-15(20)14-17-12-8-5-9-13-19(17)18(21)16-10-6-3-2-4-7-11-16/h15-17,20H,2-14H2,1H3. The Morgan fingerprint density at radius 2 is 1.57 bits per heavy atom. The van der Waals surface area contributed by atoms with E-state index in [1.54, 1.807) is 0 Å². The highest BCUT2D eigenvalue weighted by Crippen LogP contribution is 2.28. The number of aliphatic hydroxyl groups is 1. The zero-order valence-electron chi connectivity index (χ0n) is 13.7. The molecule has 21 heavy (non-hydrogen) atoms. The van der Waals surface area contributed by atoms with E-state index in [0.29, 0.717) is 5.91 Å². The summed E-state index contributed by atoms with van der Waals surface area (Å²) in [6, 6.07) is 0.269. The zero-order valence-corrected chi connectivity index (χ0v) is 13.7. The third kappa shape index (κ3) is 5.28. The van der Waals surface area contributed by atoms with Crippen LogP contribution in [0.4, 0.5) is 0 Å². The summed E-state index contributed by atoms with van der Waals surface area (Å²) in [6.07, 6.45) is 13.6. The normalized spacial score (nSPS) is 27.5. The smallest absolute Gasteiger partial charge is 0.225 e. The van der Waals surface area contributed by atoms with Gasteiger partial charge in [-0.15, -0.1) is 0 Å². The van der Waals surface area contributed by atoms with Crippen molar-refractivity contribution in [2.75, 3.05) is 6.54 Å². The summed E-state index contributed by atoms with van der Waals surface area (Å²) in [6.45, 7) is 2.76. The number of hydrogen-bond acceptors (Lipinski definition) is 2. The van der Waals surface area contributed by atoms with Crippen molar-refractivity contribution in [3.05, 3.63) is 0 Å². The monoisotopic (exact) mass is 295 g/mol. The van der Waals surface area contributed by atoms with Gasteiger partial charge in [-0.3, -0.25) is 4.79 Å². The molecule has 3 heteroatoms. The fourth-order valence-electron chi connectivity index (χ4n) is 4.04. The van der Waals surface area contributed by atoms with E-state index in [4.69, 9.17) is 0 Å². The molecular formula is C18H33NO2. The average Bonchev–Trinajstić information content (AvgIpc) is 2.62. The fraction of sp³-hybridized carbons (Fsp3) is 0.944. The molecule has 2 fully saturated rings. The van der Waals surface area contributed by atoms with Gasteiger partial charge in [0.05, 0.1) is 6.10 Å². The molecule has 0 bridgehead atoms. The van der Waals surface area contributed by atoms with Crippen LogP contribution in [0.1, 0.15) is 84.0 Å². The predicted octanol–water partition coefficient (Wildman–Crippen LogP) is 3.89. The summed E-state index contributed by atoms with van der Waals surface area (Å²) in [5.41, 5.74) is 0. The van der Waals surface area contributed by atoms with E-state index in [1.807, 2.05) is 6.92 Å². The minimum Gasteiger partial charge on any atom is -0.393 e. The maximum atomic E-state index is 13.0. The topological polar surface area (TPSA) is 40.5 Å². The highest BCUT2D eigenvalue weighted by atomic mass is 16.3. The number of carbonyl (C=O) groups excluding carboxylic acids is 1. The van der Waals surface area contributed by atoms with Gasteiger partial charge in [0, 0.05) is 18.5 Å². The van der Waals surface area contributed by atoms with Crippen molar-refractivity contribution in [3.63, 3.8) is 0 Å². The Morgan fingerprint density at radius 1 is 1.00 bits per heavy atom. The maximum Gasteiger partial charge on any atom is 0.225 e. The molecule has 0 aromatic carbocycles. The molecule has 0 spiro atoms. The molecule has 1 aliphatic heterocycles. The molecule has 2 atom stereocenters. The van der Waals surface area contributed by atoms with Crippen molar-refractivity contribution in [2.24, 2.45) is 5.92 Å². The van der Waals surface area contributed by atoms with Crippen molar-refractivity contribution in [1.82, 2.24) is 4.90 Å². The van der Waals surface area contributed by atoms with E-state index in [1.165, 1.54) is 44.9 Å². The van der Waals surface area contributed by atoms with Gasteiger partial charge in [0.2, 0.25) is 5.91 Å². The van der Waals surface area contributed by atoms with Gasteiger partial charge in [0.1, 0.15) is 0 Å². The first-order valence-electron chi connectivity index (χ1n) is 9.17. The highest BCUT2D eigenvalue weighted by Gasteiger charge is 2.31. The molecule has 0 aromatic rings. The van der Waals surface area contributed by atoms with Crippen LogP contribution in [0.25, 0.3) is 0 Å². The first-order chi connectivity index (χ1) is 10.2. The molecule has 1 heterocycles. The summed E-state index contributed by atoms with van der Waals surface area (Å²) < 4.78 is 0. The maximum absolute atomic E-state index is 13.0. The van der Waals surface area contributed by atoms with E-state index in [9.17, 15) is 9.90 Å². The minimum atomic E-state index is -0.305. The van der Waals surface area contributed by atoms with E-state index in [2.05, 4.69) is 4.90 Å². The van der Waals surface area contributed by atoms with Crippen molar-refractivity contribution in [3.8, 4) is 0 Å². The summed E-state index contributed by atoms with van der Waals surface area (Å²) in [5, 5.41) is 9.75. The number of aliphatic hydroxyl groups excluding tert-OH is 1. The molecule has 1 amide bonds. The second-order valence-corrected chi connectivity index (χ2v) is 7.16. The Balaban J connectivity index is 2.00. The van der Waals surface area contributed by atoms with Gasteiger partial charge in [-0.2, -0.15) is 0 Å². The van der Waals surface area contributed by atoms with Gasteiger partial charge in [-0.25, -0.2) is 0 Å². The molecule has 1 N–H and O–H groups in total. The number of nitrogens with zero attached hydrogens (tertiary/aromatic N) is 1. The van der Waals surface area contributed by atoms with Crippen LogP contribution >= 0.6 is 0 Å². The summed E-state index contributed by atoms with van der Waals surface area (Å²) in [5.74, 6) is 0.643. The van der Waals surface area contributed by atoms with Gasteiger partial charge in [0.15, 0.2) is 0 Å². The molecule has 0 aromatic heterocycles. The zero-order chi connectivity index (χ0) is 15.1. The fourth-order valence-corrected chi connectivity index (χ4v) is 4.04. The molecule has 2 rings (SSSR count). The number of rotatable bonds is 3. The molecule has 122 valence electrons. The van der Waals surface area contributed by atoms with Crippen LogP contribution in [0.15, 0.2) is 0 Å². The van der Waals surface area contributed by atoms with Gasteiger partial charge < -0.3 is 10.0 Å². The van der Waals surface area contributed by atoms with Crippen LogP contribution in [0.2, 0.25) is 0 Å². The van der Waals surface area contributed by atoms with Gasteiger partial charge in [0.25, 0.3) is 0 Å². The van der Waals surface area contributed by atoms with Crippen LogP contribution < -0.4 is 0 Å². The van der Waals surface area contributed by atoms with Gasteiger partial charge in [-0.05, 0) is 39.0 Å². The Hall–Kier alpha value is -0.570. The summed E-state index contributed by atoms with van der Waals surface area (Å²) >= 11 is 0. The van der Waals surface area contributed by atoms with E-state index in [-0.39, 0.29) is 18.1 Å². The van der Waals surface area contributed by atoms with Crippen LogP contribution in [-0.2, 0) is 4.79 Å². The first kappa shape index (κ1) is 16.8. The van der Waals surface area contributed by atoms with Crippen LogP contribution in [0, 0.1) is 5.92 Å². The van der Waals surface area contributed by atoms with Gasteiger partial charge in [-0.1, -0.05) is 44.9 Å². The molecule has 2 unspecified atom stereocenters. The van der Waals surface area contributed by atoms with Crippen molar-refractivity contribution in [1.29, 1.82) is 0 Å². The third-order valence-corrected chi connectivity index (χ3v) is 5.23. The Kier molecular flexibility index (Phi) is 7.01. The van der Waals surface area contributed by atoms with E-state index >= 15 is 0 Å². The van der Waals surface area contributed by atoms with Crippen molar-refractivity contribution < 1.29 is 9.90 Å². The van der Waals surface area contributed by atoms with Gasteiger partial charge >= 0.3 is 0 Å². The molecule has 2 aliphatic rings. The van der Waals surface area contributed by atoms with Crippen LogP contribution in [0.3, 0.4) is 0 Å². The second kappa shape index (κ2) is 8.77. The molecule has 0 radical (unpaired) electrons. The minimum absolute atomic E-state index is 0.250. The summed E-state index contributed by atoms with van der Waals surface area (Å²) in [7, 11) is 0. The molecule has 1 aliphatic carbocycles. The van der Waals surface area contributed by atoms with E-state index < -0.39 is 0 Å². The SMILES string of the molecule is CC(O)CC1CCCCCN1C(=O)C1CCCCCCC1. The highest BCUT2D eigenvalue weighted by molar-refractivity contribution is 5.79. The Morgan fingerprint density at radius 3 is 2.24 bits per heavy atom. The molecule has 1 saturated carbocycles. The molecule has 3 nitrogen and oxygen atoms in total. The quantitative estimate of drug-likeness (QED) is 0.858. The number of carbonyl (C=O) groups is 1. The Labute approximate surface area is 130 Å². The second-order valence-electron chi connectivity index (χ2n) is 7.16. The lowest BCUT2D eigenvalue weighted by atomic mass is 9.89. The first-order valence-corrected chi connectivity index (χ1v) is 9.17. The molecular weight excluding hydrogens is 262 g/mol. The van der Waals surface area contributed by atoms with Crippen LogP contribution in [-0.4, -0.2) is 34.6 Å². The largest absolute Gasteiger partial charge is 0.393 e. The number of likely N-dealkylation sites (tertiary alicyclic amines) is 1. The predicted molar refractivity (Wildman–Crippen MR) is 86.1 cm³/mol. The van der Waals surface area contributed by atoms with Crippen molar-refractivity contribution >= 4 is 5.91 Å². The lowest BCUT2D eigenvalue weighted by Gasteiger charge is -2.34. The van der Waals surface area contributed by atoms with Crippen molar-refractivity contribution in [2.45, 2.75) is 96.1 Å².